The summed E-state index contributed by atoms with van der Waals surface area (Å²) >= 11 is 0. The first-order chi connectivity index (χ1) is 14.9. The Morgan fingerprint density at radius 2 is 1.23 bits per heavy atom. The molecule has 3 unspecified atom stereocenters. The minimum Gasteiger partial charge on any atom is -0.394 e. The van der Waals surface area contributed by atoms with Gasteiger partial charge in [0.05, 0.1) is 38.1 Å². The second-order valence-electron chi connectivity index (χ2n) is 8.54. The van der Waals surface area contributed by atoms with Crippen LogP contribution in [0.2, 0.25) is 0 Å². The van der Waals surface area contributed by atoms with Crippen molar-refractivity contribution in [2.75, 3.05) is 52.7 Å². The second kappa shape index (κ2) is 26.0. The van der Waals surface area contributed by atoms with Crippen molar-refractivity contribution in [3.05, 3.63) is 0 Å². The summed E-state index contributed by atoms with van der Waals surface area (Å²) in [5, 5.41) is 17.6. The van der Waals surface area contributed by atoms with E-state index in [0.717, 1.165) is 13.2 Å². The first kappa shape index (κ1) is 32.9. The van der Waals surface area contributed by atoms with Crippen molar-refractivity contribution in [2.45, 2.75) is 111 Å². The summed E-state index contributed by atoms with van der Waals surface area (Å²) in [6.07, 6.45) is 9.99. The minimum absolute atomic E-state index is 0.0170. The van der Waals surface area contributed by atoms with Gasteiger partial charge in [-0.3, -0.25) is 0 Å². The van der Waals surface area contributed by atoms with Crippen molar-refractivity contribution in [3.8, 4) is 0 Å². The average molecular weight is 450 g/mol. The van der Waals surface area contributed by atoms with Crippen LogP contribution >= 0.6 is 0 Å². The predicted molar refractivity (Wildman–Crippen MR) is 131 cm³/mol. The second-order valence-corrected chi connectivity index (χ2v) is 8.54. The Morgan fingerprint density at radius 3 is 1.55 bits per heavy atom. The van der Waals surface area contributed by atoms with Gasteiger partial charge < -0.3 is 29.3 Å². The summed E-state index contributed by atoms with van der Waals surface area (Å²) in [7, 11) is 0. The van der Waals surface area contributed by atoms with Crippen molar-refractivity contribution in [1.29, 1.82) is 0 Å². The topological polar surface area (TPSA) is 71.4 Å². The van der Waals surface area contributed by atoms with Crippen molar-refractivity contribution in [3.63, 3.8) is 0 Å². The Hall–Kier alpha value is -0.240. The van der Waals surface area contributed by atoms with E-state index < -0.39 is 6.10 Å². The molecule has 0 aromatic rings. The number of hydrogen-bond donors (Lipinski definition) is 2. The molecule has 0 amide bonds. The molecule has 3 atom stereocenters. The van der Waals surface area contributed by atoms with Gasteiger partial charge in [-0.25, -0.2) is 0 Å². The summed E-state index contributed by atoms with van der Waals surface area (Å²) in [6.45, 7) is 18.9. The van der Waals surface area contributed by atoms with Crippen molar-refractivity contribution in [2.24, 2.45) is 0 Å². The molecular weight excluding hydrogens is 394 g/mol. The highest BCUT2D eigenvalue weighted by molar-refractivity contribution is 4.57. The Bertz CT molecular complexity index is 300. The minimum atomic E-state index is -0.447. The van der Waals surface area contributed by atoms with Crippen LogP contribution < -0.4 is 0 Å². The number of unbranched alkanes of at least 4 members (excludes halogenated alkanes) is 3. The van der Waals surface area contributed by atoms with Gasteiger partial charge in [-0.1, -0.05) is 40.0 Å². The SMILES string of the molecule is C1CCOC1.CC(O)COC(C)COC(C)CO.CCCCN(CCCC)CCCC. The van der Waals surface area contributed by atoms with E-state index in [1.807, 2.05) is 6.92 Å². The third-order valence-corrected chi connectivity index (χ3v) is 4.81. The maximum Gasteiger partial charge on any atom is 0.0781 e. The third kappa shape index (κ3) is 27.7. The molecule has 0 aromatic heterocycles. The standard InChI is InChI=1S/C12H27N.C9H20O4.C4H8O/c1-4-7-10-13(11-8-5-2)12-9-6-3;1-7(11)5-12-9(3)6-13-8(2)4-10;1-2-4-5-3-1/h4-12H2,1-3H3;7-11H,4-6H2,1-3H3;1-4H2. The van der Waals surface area contributed by atoms with Crippen LogP contribution in [0.15, 0.2) is 0 Å². The quantitative estimate of drug-likeness (QED) is 0.357. The van der Waals surface area contributed by atoms with Crippen LogP contribution in [0.4, 0.5) is 0 Å². The Morgan fingerprint density at radius 1 is 0.774 bits per heavy atom. The number of aliphatic hydroxyl groups is 2. The normalized spacial score (nSPS) is 16.2. The van der Waals surface area contributed by atoms with E-state index in [1.54, 1.807) is 13.8 Å². The summed E-state index contributed by atoms with van der Waals surface area (Å²) < 4.78 is 15.4. The fourth-order valence-electron chi connectivity index (χ4n) is 2.69. The van der Waals surface area contributed by atoms with Gasteiger partial charge >= 0.3 is 0 Å². The molecule has 0 aliphatic carbocycles. The molecule has 1 rings (SSSR count). The van der Waals surface area contributed by atoms with E-state index in [1.165, 1.54) is 71.0 Å². The number of aliphatic hydroxyl groups excluding tert-OH is 2. The van der Waals surface area contributed by atoms with Crippen LogP contribution in [0.3, 0.4) is 0 Å². The molecule has 1 fully saturated rings. The van der Waals surface area contributed by atoms with E-state index in [9.17, 15) is 0 Å². The van der Waals surface area contributed by atoms with Crippen LogP contribution in [0, 0.1) is 0 Å². The zero-order valence-corrected chi connectivity index (χ0v) is 21.6. The fourth-order valence-corrected chi connectivity index (χ4v) is 2.69. The Labute approximate surface area is 193 Å². The molecular formula is C25H55NO5. The molecule has 1 heterocycles. The van der Waals surface area contributed by atoms with Gasteiger partial charge in [-0.05, 0) is 72.5 Å². The van der Waals surface area contributed by atoms with Gasteiger partial charge in [0, 0.05) is 13.2 Å². The molecule has 0 aromatic carbocycles. The van der Waals surface area contributed by atoms with Crippen LogP contribution in [0.1, 0.15) is 92.9 Å². The molecule has 0 saturated carbocycles. The van der Waals surface area contributed by atoms with E-state index >= 15 is 0 Å². The molecule has 1 aliphatic rings. The Kier molecular flexibility index (Phi) is 27.6. The summed E-state index contributed by atoms with van der Waals surface area (Å²) in [4.78, 5) is 2.64. The zero-order valence-electron chi connectivity index (χ0n) is 21.6. The van der Waals surface area contributed by atoms with Crippen molar-refractivity contribution in [1.82, 2.24) is 4.90 Å². The van der Waals surface area contributed by atoms with Gasteiger partial charge in [-0.15, -0.1) is 0 Å². The molecule has 6 nitrogen and oxygen atoms in total. The summed E-state index contributed by atoms with van der Waals surface area (Å²) in [6, 6.07) is 0. The van der Waals surface area contributed by atoms with E-state index in [0.29, 0.717) is 13.2 Å². The van der Waals surface area contributed by atoms with E-state index in [2.05, 4.69) is 25.7 Å². The fraction of sp³-hybridized carbons (Fsp3) is 1.00. The van der Waals surface area contributed by atoms with Gasteiger partial charge in [0.1, 0.15) is 0 Å². The monoisotopic (exact) mass is 449 g/mol. The highest BCUT2D eigenvalue weighted by Gasteiger charge is 2.07. The highest BCUT2D eigenvalue weighted by atomic mass is 16.5. The lowest BCUT2D eigenvalue weighted by atomic mass is 10.2. The molecule has 0 radical (unpaired) electrons. The van der Waals surface area contributed by atoms with Gasteiger partial charge in [-0.2, -0.15) is 0 Å². The van der Waals surface area contributed by atoms with E-state index in [4.69, 9.17) is 24.4 Å². The number of rotatable bonds is 16. The van der Waals surface area contributed by atoms with Crippen LogP contribution in [0.5, 0.6) is 0 Å². The van der Waals surface area contributed by atoms with Gasteiger partial charge in [0.15, 0.2) is 0 Å². The zero-order chi connectivity index (χ0) is 23.7. The molecule has 6 heteroatoms. The molecule has 0 bridgehead atoms. The molecule has 1 saturated heterocycles. The van der Waals surface area contributed by atoms with Gasteiger partial charge in [0.2, 0.25) is 0 Å². The van der Waals surface area contributed by atoms with Crippen LogP contribution in [-0.4, -0.2) is 86.1 Å². The van der Waals surface area contributed by atoms with E-state index in [-0.39, 0.29) is 18.8 Å². The lowest BCUT2D eigenvalue weighted by molar-refractivity contribution is -0.0620. The smallest absolute Gasteiger partial charge is 0.0781 e. The van der Waals surface area contributed by atoms with Crippen LogP contribution in [0.25, 0.3) is 0 Å². The first-order valence-corrected chi connectivity index (χ1v) is 12.7. The van der Waals surface area contributed by atoms with Crippen LogP contribution in [-0.2, 0) is 14.2 Å². The predicted octanol–water partition coefficient (Wildman–Crippen LogP) is 4.66. The number of hydrogen-bond acceptors (Lipinski definition) is 6. The lowest BCUT2D eigenvalue weighted by Crippen LogP contribution is -2.27. The maximum absolute atomic E-state index is 8.92. The average Bonchev–Trinajstić information content (AvgIpc) is 3.36. The molecule has 0 spiro atoms. The number of ether oxygens (including phenoxy) is 3. The Balaban J connectivity index is 0. The lowest BCUT2D eigenvalue weighted by Gasteiger charge is -2.21. The highest BCUT2D eigenvalue weighted by Crippen LogP contribution is 2.01. The van der Waals surface area contributed by atoms with Crippen molar-refractivity contribution < 1.29 is 24.4 Å². The number of nitrogens with zero attached hydrogens (tertiary/aromatic N) is 1. The third-order valence-electron chi connectivity index (χ3n) is 4.81. The molecule has 1 aliphatic heterocycles. The first-order valence-electron chi connectivity index (χ1n) is 12.7. The largest absolute Gasteiger partial charge is 0.394 e. The molecule has 2 N–H and O–H groups in total. The van der Waals surface area contributed by atoms with Crippen molar-refractivity contribution >= 4 is 0 Å². The molecule has 190 valence electrons. The summed E-state index contributed by atoms with van der Waals surface area (Å²) in [5.41, 5.74) is 0. The molecule has 31 heavy (non-hydrogen) atoms. The van der Waals surface area contributed by atoms with Gasteiger partial charge in [0.25, 0.3) is 0 Å². The summed E-state index contributed by atoms with van der Waals surface area (Å²) in [5.74, 6) is 0. The maximum atomic E-state index is 8.92.